The van der Waals surface area contributed by atoms with Crippen molar-refractivity contribution in [3.8, 4) is 0 Å². The summed E-state index contributed by atoms with van der Waals surface area (Å²) in [5.41, 5.74) is 1.95. The Bertz CT molecular complexity index is 654. The van der Waals surface area contributed by atoms with Crippen LogP contribution in [0.4, 0.5) is 0 Å². The zero-order valence-corrected chi connectivity index (χ0v) is 17.0. The van der Waals surface area contributed by atoms with Crippen LogP contribution in [0.5, 0.6) is 0 Å². The van der Waals surface area contributed by atoms with Crippen LogP contribution < -0.4 is 0 Å². The van der Waals surface area contributed by atoms with Gasteiger partial charge in [0.1, 0.15) is 6.29 Å². The number of carbonyl (C=O) groups is 1. The fourth-order valence-electron chi connectivity index (χ4n) is 2.93. The molecule has 24 heavy (non-hydrogen) atoms. The maximum Gasteiger partial charge on any atom is 0.237 e. The topological polar surface area (TPSA) is 30.0 Å². The second-order valence-corrected chi connectivity index (χ2v) is 9.77. The first-order valence-corrected chi connectivity index (χ1v) is 11.3. The molecule has 1 heterocycles. The van der Waals surface area contributed by atoms with E-state index < -0.39 is 0 Å². The van der Waals surface area contributed by atoms with Crippen LogP contribution in [0.3, 0.4) is 0 Å². The van der Waals surface area contributed by atoms with Gasteiger partial charge >= 0.3 is 0 Å². The Hall–Kier alpha value is -1.17. The van der Waals surface area contributed by atoms with Crippen LogP contribution in [-0.2, 0) is 10.2 Å². The first-order chi connectivity index (χ1) is 11.5. The molecule has 0 aliphatic heterocycles. The van der Waals surface area contributed by atoms with Crippen molar-refractivity contribution in [1.29, 1.82) is 0 Å². The van der Waals surface area contributed by atoms with Gasteiger partial charge in [-0.15, -0.1) is 0 Å². The van der Waals surface area contributed by atoms with Crippen LogP contribution in [0.15, 0.2) is 36.5 Å². The number of aldehydes is 1. The Kier molecular flexibility index (Phi) is 7.02. The maximum atomic E-state index is 11.0. The summed E-state index contributed by atoms with van der Waals surface area (Å²) < 4.78 is 0. The summed E-state index contributed by atoms with van der Waals surface area (Å²) >= 11 is 0.316. The molecule has 0 atom stereocenters. The Morgan fingerprint density at radius 1 is 1.12 bits per heavy atom. The quantitative estimate of drug-likeness (QED) is 0.545. The van der Waals surface area contributed by atoms with Gasteiger partial charge in [0.15, 0.2) is 0 Å². The van der Waals surface area contributed by atoms with Gasteiger partial charge in [-0.2, -0.15) is 0 Å². The molecule has 0 radical (unpaired) electrons. The SMILES string of the molecule is CC(C)[CH2][AlH][CH2]C(C)C.O=CC1(c2ccc3ncccc3c2)CC1. The van der Waals surface area contributed by atoms with Crippen molar-refractivity contribution >= 4 is 32.4 Å². The zero-order valence-electron chi connectivity index (χ0n) is 15.6. The van der Waals surface area contributed by atoms with E-state index in [2.05, 4.69) is 38.7 Å². The second-order valence-electron chi connectivity index (χ2n) is 7.90. The Morgan fingerprint density at radius 3 is 2.33 bits per heavy atom. The number of pyridine rings is 1. The molecule has 3 rings (SSSR count). The summed E-state index contributed by atoms with van der Waals surface area (Å²) in [6, 6.07) is 10.1. The first kappa shape index (κ1) is 19.2. The molecule has 1 aliphatic rings. The highest BCUT2D eigenvalue weighted by atomic mass is 27.1. The molecule has 3 heteroatoms. The maximum absolute atomic E-state index is 11.0. The number of fused-ring (bicyclic) bond motifs is 1. The number of carbonyl (C=O) groups excluding carboxylic acids is 1. The van der Waals surface area contributed by atoms with Crippen molar-refractivity contribution < 1.29 is 4.79 Å². The highest BCUT2D eigenvalue weighted by Gasteiger charge is 2.44. The van der Waals surface area contributed by atoms with Gasteiger partial charge in [0, 0.05) is 11.6 Å². The van der Waals surface area contributed by atoms with E-state index >= 15 is 0 Å². The molecule has 128 valence electrons. The Labute approximate surface area is 152 Å². The lowest BCUT2D eigenvalue weighted by Gasteiger charge is -2.07. The molecule has 0 spiro atoms. The molecule has 1 fully saturated rings. The summed E-state index contributed by atoms with van der Waals surface area (Å²) in [6.07, 6.45) is 4.85. The van der Waals surface area contributed by atoms with Gasteiger partial charge in [-0.25, -0.2) is 0 Å². The number of benzene rings is 1. The molecular weight excluding hydrogens is 309 g/mol. The fraction of sp³-hybridized carbons (Fsp3) is 0.524. The van der Waals surface area contributed by atoms with E-state index in [4.69, 9.17) is 0 Å². The summed E-state index contributed by atoms with van der Waals surface area (Å²) in [5, 5.41) is 4.19. The number of hydrogen-bond donors (Lipinski definition) is 0. The van der Waals surface area contributed by atoms with Crippen LogP contribution in [0.1, 0.15) is 46.1 Å². The third-order valence-corrected chi connectivity index (χ3v) is 7.88. The minimum Gasteiger partial charge on any atom is -0.302 e. The zero-order chi connectivity index (χ0) is 17.6. The van der Waals surface area contributed by atoms with Gasteiger partial charge in [0.05, 0.1) is 10.9 Å². The van der Waals surface area contributed by atoms with Crippen molar-refractivity contribution in [2.45, 2.75) is 56.5 Å². The Balaban J connectivity index is 0.000000202. The van der Waals surface area contributed by atoms with Crippen molar-refractivity contribution in [3.63, 3.8) is 0 Å². The standard InChI is InChI=1S/C13H11NO.2C4H9.Al.H/c15-9-13(5-6-13)11-3-4-12-10(8-11)2-1-7-14-12;2*1-4(2)3;;/h1-4,7-9H,5-6H2;2*4H,1H2,2-3H3;;. The van der Waals surface area contributed by atoms with Crippen LogP contribution >= 0.6 is 0 Å². The molecule has 0 bridgehead atoms. The van der Waals surface area contributed by atoms with Gasteiger partial charge in [-0.1, -0.05) is 62.2 Å². The largest absolute Gasteiger partial charge is 0.302 e. The van der Waals surface area contributed by atoms with E-state index in [1.165, 1.54) is 10.6 Å². The van der Waals surface area contributed by atoms with E-state index in [-0.39, 0.29) is 5.41 Å². The highest BCUT2D eigenvalue weighted by Crippen LogP contribution is 2.46. The molecule has 0 amide bonds. The summed E-state index contributed by atoms with van der Waals surface area (Å²) in [4.78, 5) is 15.3. The number of aromatic nitrogens is 1. The molecule has 0 unspecified atom stereocenters. The predicted molar refractivity (Wildman–Crippen MR) is 105 cm³/mol. The van der Waals surface area contributed by atoms with Crippen molar-refractivity contribution in [2.75, 3.05) is 0 Å². The normalized spacial score (nSPS) is 15.1. The minimum absolute atomic E-state index is 0.177. The van der Waals surface area contributed by atoms with Crippen LogP contribution in [-0.4, -0.2) is 26.5 Å². The molecule has 2 nitrogen and oxygen atoms in total. The van der Waals surface area contributed by atoms with E-state index in [0.29, 0.717) is 15.2 Å². The average Bonchev–Trinajstić information content (AvgIpc) is 3.35. The number of nitrogens with zero attached hydrogens (tertiary/aromatic N) is 1. The third-order valence-electron chi connectivity index (χ3n) is 4.76. The van der Waals surface area contributed by atoms with Gasteiger partial charge in [0.25, 0.3) is 0 Å². The van der Waals surface area contributed by atoms with Crippen LogP contribution in [0.2, 0.25) is 10.6 Å². The van der Waals surface area contributed by atoms with E-state index in [1.54, 1.807) is 6.20 Å². The first-order valence-electron chi connectivity index (χ1n) is 9.28. The summed E-state index contributed by atoms with van der Waals surface area (Å²) in [6.45, 7) is 9.31. The van der Waals surface area contributed by atoms with E-state index in [9.17, 15) is 4.79 Å². The minimum atomic E-state index is -0.177. The van der Waals surface area contributed by atoms with E-state index in [1.807, 2.05) is 24.3 Å². The smallest absolute Gasteiger partial charge is 0.237 e. The molecular formula is C21H30AlNO. The van der Waals surface area contributed by atoms with Crippen LogP contribution in [0, 0.1) is 11.8 Å². The predicted octanol–water partition coefficient (Wildman–Crippen LogP) is 5.04. The van der Waals surface area contributed by atoms with Gasteiger partial charge in [-0.05, 0) is 36.6 Å². The number of rotatable bonds is 6. The number of hydrogen-bond acceptors (Lipinski definition) is 2. The average molecular weight is 339 g/mol. The monoisotopic (exact) mass is 339 g/mol. The molecule has 1 aromatic carbocycles. The van der Waals surface area contributed by atoms with Crippen molar-refractivity contribution in [3.05, 3.63) is 42.1 Å². The molecule has 2 aromatic rings. The van der Waals surface area contributed by atoms with Gasteiger partial charge in [0.2, 0.25) is 15.2 Å². The summed E-state index contributed by atoms with van der Waals surface area (Å²) in [7, 11) is 0. The second kappa shape index (κ2) is 8.79. The Morgan fingerprint density at radius 2 is 1.79 bits per heavy atom. The fourth-order valence-corrected chi connectivity index (χ4v) is 4.80. The van der Waals surface area contributed by atoms with Crippen LogP contribution in [0.25, 0.3) is 10.9 Å². The van der Waals surface area contributed by atoms with Crippen molar-refractivity contribution in [1.82, 2.24) is 4.98 Å². The molecule has 1 aliphatic carbocycles. The molecule has 0 saturated heterocycles. The lowest BCUT2D eigenvalue weighted by atomic mass is 9.96. The van der Waals surface area contributed by atoms with Gasteiger partial charge < -0.3 is 4.79 Å². The van der Waals surface area contributed by atoms with Gasteiger partial charge in [-0.3, -0.25) is 4.98 Å². The lowest BCUT2D eigenvalue weighted by molar-refractivity contribution is -0.109. The lowest BCUT2D eigenvalue weighted by Crippen LogP contribution is -2.07. The highest BCUT2D eigenvalue weighted by molar-refractivity contribution is 6.35. The van der Waals surface area contributed by atoms with E-state index in [0.717, 1.165) is 47.4 Å². The summed E-state index contributed by atoms with van der Waals surface area (Å²) in [5.74, 6) is 1.91. The molecule has 0 N–H and O–H groups in total. The molecule has 1 saturated carbocycles. The third kappa shape index (κ3) is 5.43. The van der Waals surface area contributed by atoms with Crippen molar-refractivity contribution in [2.24, 2.45) is 11.8 Å². The molecule has 1 aromatic heterocycles.